The molecule has 118 valence electrons. The molecule has 0 aliphatic carbocycles. The Morgan fingerprint density at radius 1 is 1.32 bits per heavy atom. The summed E-state index contributed by atoms with van der Waals surface area (Å²) in [6.45, 7) is 7.60. The van der Waals surface area contributed by atoms with E-state index in [1.165, 1.54) is 0 Å². The molecule has 2 N–H and O–H groups in total. The van der Waals surface area contributed by atoms with Crippen molar-refractivity contribution in [2.75, 3.05) is 32.8 Å². The fraction of sp³-hybridized carbons (Fsp3) is 0.533. The van der Waals surface area contributed by atoms with Gasteiger partial charge in [-0.1, -0.05) is 0 Å². The number of aromatic amines is 1. The third-order valence-electron chi connectivity index (χ3n) is 3.72. The second kappa shape index (κ2) is 7.44. The Balaban J connectivity index is 1.48. The van der Waals surface area contributed by atoms with Crippen LogP contribution in [0.25, 0.3) is 11.4 Å². The largest absolute Gasteiger partial charge is 0.379 e. The molecule has 1 unspecified atom stereocenters. The third-order valence-corrected chi connectivity index (χ3v) is 3.72. The van der Waals surface area contributed by atoms with Crippen molar-refractivity contribution in [3.8, 4) is 11.4 Å². The number of hydrogen-bond donors (Lipinski definition) is 2. The Morgan fingerprint density at radius 2 is 2.09 bits per heavy atom. The van der Waals surface area contributed by atoms with Gasteiger partial charge in [-0.05, 0) is 19.1 Å². The Kier molecular flexibility index (Phi) is 5.10. The lowest BCUT2D eigenvalue weighted by atomic mass is 10.2. The second-order valence-electron chi connectivity index (χ2n) is 5.54. The van der Waals surface area contributed by atoms with Crippen LogP contribution in [0.5, 0.6) is 0 Å². The summed E-state index contributed by atoms with van der Waals surface area (Å²) >= 11 is 0. The van der Waals surface area contributed by atoms with Crippen LogP contribution in [0.15, 0.2) is 24.5 Å². The van der Waals surface area contributed by atoms with E-state index >= 15 is 0 Å². The minimum Gasteiger partial charge on any atom is -0.379 e. The SMILES string of the molecule is CC(CN1CCOCC1)NCc1nc(-c2ccncc2)n[nH]1. The molecule has 7 nitrogen and oxygen atoms in total. The third kappa shape index (κ3) is 4.09. The van der Waals surface area contributed by atoms with Crippen LogP contribution in [0.2, 0.25) is 0 Å². The number of ether oxygens (including phenoxy) is 1. The Morgan fingerprint density at radius 3 is 2.86 bits per heavy atom. The Hall–Kier alpha value is -1.83. The monoisotopic (exact) mass is 302 g/mol. The van der Waals surface area contributed by atoms with Crippen LogP contribution in [0.1, 0.15) is 12.7 Å². The van der Waals surface area contributed by atoms with Gasteiger partial charge in [-0.25, -0.2) is 4.98 Å². The first-order valence-electron chi connectivity index (χ1n) is 7.66. The molecular weight excluding hydrogens is 280 g/mol. The lowest BCUT2D eigenvalue weighted by Gasteiger charge is -2.29. The summed E-state index contributed by atoms with van der Waals surface area (Å²) in [5, 5.41) is 10.7. The molecule has 22 heavy (non-hydrogen) atoms. The molecule has 1 fully saturated rings. The van der Waals surface area contributed by atoms with E-state index in [-0.39, 0.29) is 0 Å². The normalized spacial score (nSPS) is 17.5. The standard InChI is InChI=1S/C15H22N6O/c1-12(11-21-6-8-22-9-7-21)17-10-14-18-15(20-19-14)13-2-4-16-5-3-13/h2-5,12,17H,6-11H2,1H3,(H,18,19,20). The van der Waals surface area contributed by atoms with Gasteiger partial charge in [0.25, 0.3) is 0 Å². The maximum atomic E-state index is 5.37. The fourth-order valence-electron chi connectivity index (χ4n) is 2.51. The molecule has 0 aromatic carbocycles. The van der Waals surface area contributed by atoms with Crippen LogP contribution in [-0.2, 0) is 11.3 Å². The van der Waals surface area contributed by atoms with Crippen LogP contribution < -0.4 is 5.32 Å². The van der Waals surface area contributed by atoms with Crippen molar-refractivity contribution < 1.29 is 4.74 Å². The van der Waals surface area contributed by atoms with Crippen molar-refractivity contribution in [3.63, 3.8) is 0 Å². The summed E-state index contributed by atoms with van der Waals surface area (Å²) in [5.74, 6) is 1.56. The predicted molar refractivity (Wildman–Crippen MR) is 83.2 cm³/mol. The molecule has 0 radical (unpaired) electrons. The number of aromatic nitrogens is 4. The highest BCUT2D eigenvalue weighted by atomic mass is 16.5. The summed E-state index contributed by atoms with van der Waals surface area (Å²) < 4.78 is 5.37. The van der Waals surface area contributed by atoms with E-state index < -0.39 is 0 Å². The molecule has 0 bridgehead atoms. The van der Waals surface area contributed by atoms with E-state index in [4.69, 9.17) is 4.74 Å². The molecule has 2 aromatic rings. The molecule has 1 saturated heterocycles. The maximum absolute atomic E-state index is 5.37. The zero-order valence-corrected chi connectivity index (χ0v) is 12.8. The molecule has 1 aliphatic heterocycles. The molecule has 3 rings (SSSR count). The predicted octanol–water partition coefficient (Wildman–Crippen LogP) is 0.677. The molecule has 1 atom stereocenters. The maximum Gasteiger partial charge on any atom is 0.181 e. The van der Waals surface area contributed by atoms with Crippen molar-refractivity contribution in [2.24, 2.45) is 0 Å². The number of nitrogens with one attached hydrogen (secondary N) is 2. The van der Waals surface area contributed by atoms with E-state index in [0.717, 1.165) is 44.2 Å². The van der Waals surface area contributed by atoms with Crippen molar-refractivity contribution in [1.29, 1.82) is 0 Å². The van der Waals surface area contributed by atoms with Crippen LogP contribution in [-0.4, -0.2) is 64.0 Å². The average molecular weight is 302 g/mol. The van der Waals surface area contributed by atoms with Crippen molar-refractivity contribution in [2.45, 2.75) is 19.5 Å². The first kappa shape index (κ1) is 15.1. The number of pyridine rings is 1. The molecule has 0 spiro atoms. The zero-order valence-electron chi connectivity index (χ0n) is 12.8. The van der Waals surface area contributed by atoms with Crippen molar-refractivity contribution in [1.82, 2.24) is 30.4 Å². The van der Waals surface area contributed by atoms with Gasteiger partial charge in [0.2, 0.25) is 0 Å². The van der Waals surface area contributed by atoms with Gasteiger partial charge in [-0.15, -0.1) is 0 Å². The minimum atomic E-state index is 0.396. The Bertz CT molecular complexity index is 566. The first-order chi connectivity index (χ1) is 10.8. The summed E-state index contributed by atoms with van der Waals surface area (Å²) in [6, 6.07) is 4.20. The molecule has 1 aliphatic rings. The lowest BCUT2D eigenvalue weighted by Crippen LogP contribution is -2.44. The highest BCUT2D eigenvalue weighted by Gasteiger charge is 2.14. The quantitative estimate of drug-likeness (QED) is 0.817. The summed E-state index contributed by atoms with van der Waals surface area (Å²) in [4.78, 5) is 10.9. The van der Waals surface area contributed by atoms with Crippen molar-refractivity contribution in [3.05, 3.63) is 30.4 Å². The second-order valence-corrected chi connectivity index (χ2v) is 5.54. The number of hydrogen-bond acceptors (Lipinski definition) is 6. The number of rotatable bonds is 6. The summed E-state index contributed by atoms with van der Waals surface area (Å²) in [7, 11) is 0. The van der Waals surface area contributed by atoms with E-state index in [0.29, 0.717) is 18.4 Å². The molecular formula is C15H22N6O. The zero-order chi connectivity index (χ0) is 15.2. The van der Waals surface area contributed by atoms with Crippen LogP contribution >= 0.6 is 0 Å². The first-order valence-corrected chi connectivity index (χ1v) is 7.66. The Labute approximate surface area is 130 Å². The molecule has 7 heteroatoms. The van der Waals surface area contributed by atoms with E-state index in [1.807, 2.05) is 12.1 Å². The average Bonchev–Trinajstić information content (AvgIpc) is 3.04. The van der Waals surface area contributed by atoms with Gasteiger partial charge in [0, 0.05) is 43.6 Å². The summed E-state index contributed by atoms with van der Waals surface area (Å²) in [6.07, 6.45) is 3.49. The number of morpholine rings is 1. The molecule has 3 heterocycles. The molecule has 0 amide bonds. The minimum absolute atomic E-state index is 0.396. The lowest BCUT2D eigenvalue weighted by molar-refractivity contribution is 0.0343. The van der Waals surface area contributed by atoms with Gasteiger partial charge < -0.3 is 10.1 Å². The van der Waals surface area contributed by atoms with Gasteiger partial charge in [0.05, 0.1) is 19.8 Å². The van der Waals surface area contributed by atoms with Crippen molar-refractivity contribution >= 4 is 0 Å². The van der Waals surface area contributed by atoms with E-state index in [2.05, 4.69) is 37.3 Å². The van der Waals surface area contributed by atoms with Gasteiger partial charge in [-0.2, -0.15) is 5.10 Å². The van der Waals surface area contributed by atoms with Gasteiger partial charge in [0.15, 0.2) is 5.82 Å². The smallest absolute Gasteiger partial charge is 0.181 e. The highest BCUT2D eigenvalue weighted by molar-refractivity contribution is 5.52. The van der Waals surface area contributed by atoms with Crippen LogP contribution in [0.4, 0.5) is 0 Å². The number of nitrogens with zero attached hydrogens (tertiary/aromatic N) is 4. The molecule has 2 aromatic heterocycles. The topological polar surface area (TPSA) is 79.0 Å². The van der Waals surface area contributed by atoms with Gasteiger partial charge >= 0.3 is 0 Å². The fourth-order valence-corrected chi connectivity index (χ4v) is 2.51. The van der Waals surface area contributed by atoms with E-state index in [1.54, 1.807) is 12.4 Å². The van der Waals surface area contributed by atoms with Gasteiger partial charge in [0.1, 0.15) is 5.82 Å². The van der Waals surface area contributed by atoms with E-state index in [9.17, 15) is 0 Å². The highest BCUT2D eigenvalue weighted by Crippen LogP contribution is 2.12. The van der Waals surface area contributed by atoms with Crippen LogP contribution in [0.3, 0.4) is 0 Å². The summed E-state index contributed by atoms with van der Waals surface area (Å²) in [5.41, 5.74) is 0.971. The van der Waals surface area contributed by atoms with Crippen LogP contribution in [0, 0.1) is 0 Å². The molecule has 0 saturated carbocycles. The van der Waals surface area contributed by atoms with Gasteiger partial charge in [-0.3, -0.25) is 15.0 Å². The number of H-pyrrole nitrogens is 1.